The van der Waals surface area contributed by atoms with Crippen molar-refractivity contribution < 1.29 is 33.6 Å². The number of ketones is 1. The van der Waals surface area contributed by atoms with E-state index in [0.717, 1.165) is 5.57 Å². The summed E-state index contributed by atoms with van der Waals surface area (Å²) < 4.78 is 5.05. The number of imide groups is 1. The van der Waals surface area contributed by atoms with E-state index in [2.05, 4.69) is 5.32 Å². The summed E-state index contributed by atoms with van der Waals surface area (Å²) in [6.45, 7) is 1.41. The van der Waals surface area contributed by atoms with Crippen molar-refractivity contribution in [1.82, 2.24) is 0 Å². The van der Waals surface area contributed by atoms with E-state index >= 15 is 0 Å². The van der Waals surface area contributed by atoms with Crippen LogP contribution in [0.25, 0.3) is 0 Å². The molecule has 2 aliphatic rings. The van der Waals surface area contributed by atoms with Crippen LogP contribution in [0.15, 0.2) is 84.4 Å². The van der Waals surface area contributed by atoms with Gasteiger partial charge in [0.25, 0.3) is 11.6 Å². The molecule has 42 heavy (non-hydrogen) atoms. The second-order valence-electron chi connectivity index (χ2n) is 10.1. The molecule has 2 atom stereocenters. The fraction of sp³-hybridized carbons (Fsp3) is 0.194. The van der Waals surface area contributed by atoms with E-state index in [1.54, 1.807) is 12.1 Å². The average molecular weight is 568 g/mol. The third kappa shape index (κ3) is 5.71. The molecule has 0 bridgehead atoms. The summed E-state index contributed by atoms with van der Waals surface area (Å²) in [5.74, 6) is -2.84. The molecule has 1 aliphatic heterocycles. The molecule has 0 unspecified atom stereocenters. The number of non-ortho nitro benzene ring substituents is 1. The largest absolute Gasteiger partial charge is 0.454 e. The first-order chi connectivity index (χ1) is 20.1. The van der Waals surface area contributed by atoms with Crippen LogP contribution in [-0.2, 0) is 14.3 Å². The molecule has 0 spiro atoms. The van der Waals surface area contributed by atoms with Crippen molar-refractivity contribution in [3.8, 4) is 0 Å². The molecule has 1 fully saturated rings. The zero-order chi connectivity index (χ0) is 30.0. The van der Waals surface area contributed by atoms with Crippen molar-refractivity contribution in [3.63, 3.8) is 0 Å². The topological polar surface area (TPSA) is 153 Å². The monoisotopic (exact) mass is 567 g/mol. The Bertz CT molecular complexity index is 1630. The Morgan fingerprint density at radius 3 is 2.12 bits per heavy atom. The van der Waals surface area contributed by atoms with Gasteiger partial charge in [-0.15, -0.1) is 0 Å². The van der Waals surface area contributed by atoms with E-state index in [0.29, 0.717) is 29.8 Å². The van der Waals surface area contributed by atoms with Crippen molar-refractivity contribution in [2.45, 2.75) is 19.8 Å². The van der Waals surface area contributed by atoms with Gasteiger partial charge >= 0.3 is 5.97 Å². The number of nitrogens with zero attached hydrogens (tertiary/aromatic N) is 2. The number of esters is 1. The van der Waals surface area contributed by atoms with E-state index < -0.39 is 29.2 Å². The summed E-state index contributed by atoms with van der Waals surface area (Å²) in [6.07, 6.45) is 3.13. The van der Waals surface area contributed by atoms with Crippen molar-refractivity contribution in [3.05, 3.63) is 111 Å². The van der Waals surface area contributed by atoms with Crippen LogP contribution in [0.5, 0.6) is 0 Å². The zero-order valence-corrected chi connectivity index (χ0v) is 22.4. The van der Waals surface area contributed by atoms with Crippen LogP contribution in [-0.4, -0.2) is 41.0 Å². The Hall–Kier alpha value is -5.45. The van der Waals surface area contributed by atoms with Crippen LogP contribution in [0.2, 0.25) is 0 Å². The molecule has 11 heteroatoms. The summed E-state index contributed by atoms with van der Waals surface area (Å²) in [7, 11) is 0. The average Bonchev–Trinajstić information content (AvgIpc) is 3.24. The normalized spacial score (nSPS) is 17.7. The first-order valence-corrected chi connectivity index (χ1v) is 13.1. The molecule has 0 saturated carbocycles. The molecule has 3 amide bonds. The number of ether oxygens (including phenoxy) is 1. The van der Waals surface area contributed by atoms with Crippen molar-refractivity contribution in [2.24, 2.45) is 11.8 Å². The lowest BCUT2D eigenvalue weighted by Gasteiger charge is -2.18. The van der Waals surface area contributed by atoms with Gasteiger partial charge in [-0.25, -0.2) is 4.79 Å². The number of Topliss-reactive ketones (excluding diaryl/α,β-unsaturated/α-hetero) is 1. The maximum atomic E-state index is 12.9. The van der Waals surface area contributed by atoms with Gasteiger partial charge in [0, 0.05) is 28.9 Å². The number of hydrogen-bond donors (Lipinski definition) is 1. The number of fused-ring (bicyclic) bond motifs is 1. The van der Waals surface area contributed by atoms with Gasteiger partial charge in [-0.3, -0.25) is 34.2 Å². The smallest absolute Gasteiger partial charge is 0.338 e. The second-order valence-corrected chi connectivity index (χ2v) is 10.1. The van der Waals surface area contributed by atoms with Gasteiger partial charge in [-0.1, -0.05) is 11.6 Å². The number of nitrogens with one attached hydrogen (secondary N) is 1. The summed E-state index contributed by atoms with van der Waals surface area (Å²) in [5, 5.41) is 13.4. The van der Waals surface area contributed by atoms with E-state index in [9.17, 15) is 34.1 Å². The summed E-state index contributed by atoms with van der Waals surface area (Å²) in [5.41, 5.74) is 2.39. The van der Waals surface area contributed by atoms with Crippen LogP contribution in [0.4, 0.5) is 17.1 Å². The quantitative estimate of drug-likeness (QED) is 0.102. The molecule has 3 aromatic carbocycles. The van der Waals surface area contributed by atoms with Gasteiger partial charge in [-0.2, -0.15) is 0 Å². The number of anilines is 2. The molecule has 1 aliphatic carbocycles. The Balaban J connectivity index is 1.15. The molecule has 1 saturated heterocycles. The summed E-state index contributed by atoms with van der Waals surface area (Å²) in [4.78, 5) is 74.6. The summed E-state index contributed by atoms with van der Waals surface area (Å²) >= 11 is 0. The summed E-state index contributed by atoms with van der Waals surface area (Å²) in [6, 6.07) is 17.0. The number of rotatable bonds is 8. The Kier molecular flexibility index (Phi) is 7.74. The van der Waals surface area contributed by atoms with Gasteiger partial charge in [0.15, 0.2) is 12.4 Å². The van der Waals surface area contributed by atoms with Crippen LogP contribution in [0, 0.1) is 22.0 Å². The van der Waals surface area contributed by atoms with Gasteiger partial charge in [0.1, 0.15) is 0 Å². The van der Waals surface area contributed by atoms with Crippen LogP contribution < -0.4 is 10.2 Å². The number of carbonyl (C=O) groups excluding carboxylic acids is 5. The van der Waals surface area contributed by atoms with E-state index in [-0.39, 0.29) is 40.5 Å². The molecule has 1 heterocycles. The minimum Gasteiger partial charge on any atom is -0.454 e. The number of nitro groups is 1. The van der Waals surface area contributed by atoms with E-state index in [4.69, 9.17) is 4.74 Å². The highest BCUT2D eigenvalue weighted by Gasteiger charge is 2.48. The highest BCUT2D eigenvalue weighted by atomic mass is 16.6. The highest BCUT2D eigenvalue weighted by Crippen LogP contribution is 2.39. The van der Waals surface area contributed by atoms with E-state index in [1.807, 2.05) is 13.0 Å². The Labute approximate surface area is 239 Å². The standard InChI is InChI=1S/C31H25N3O8/c1-18-2-15-25-26(16-18)30(38)33(29(25)37)23-11-7-20(8-12-23)28(36)32-22-9-3-21(4-10-22)31(39)42-17-27(35)19-5-13-24(14-6-19)34(40)41/h2-14,25-26H,15-17H2,1H3,(H,32,36)/t25-,26+/m1/s1. The van der Waals surface area contributed by atoms with Crippen molar-refractivity contribution in [1.29, 1.82) is 0 Å². The number of nitro benzene ring substituents is 1. The van der Waals surface area contributed by atoms with Crippen LogP contribution in [0.3, 0.4) is 0 Å². The van der Waals surface area contributed by atoms with Crippen LogP contribution in [0.1, 0.15) is 50.8 Å². The number of benzene rings is 3. The maximum absolute atomic E-state index is 12.9. The first kappa shape index (κ1) is 28.1. The lowest BCUT2D eigenvalue weighted by atomic mass is 9.82. The van der Waals surface area contributed by atoms with Gasteiger partial charge in [0.2, 0.25) is 11.8 Å². The highest BCUT2D eigenvalue weighted by molar-refractivity contribution is 6.22. The molecule has 212 valence electrons. The Morgan fingerprint density at radius 1 is 0.881 bits per heavy atom. The third-order valence-corrected chi connectivity index (χ3v) is 7.32. The van der Waals surface area contributed by atoms with Gasteiger partial charge in [-0.05, 0) is 80.4 Å². The minimum absolute atomic E-state index is 0.153. The third-order valence-electron chi connectivity index (χ3n) is 7.32. The first-order valence-electron chi connectivity index (χ1n) is 13.1. The fourth-order valence-corrected chi connectivity index (χ4v) is 5.01. The molecule has 3 aromatic rings. The molecule has 0 radical (unpaired) electrons. The number of hydrogen-bond acceptors (Lipinski definition) is 8. The molecular weight excluding hydrogens is 542 g/mol. The number of amides is 3. The molecule has 5 rings (SSSR count). The van der Waals surface area contributed by atoms with Gasteiger partial charge in [0.05, 0.1) is 28.0 Å². The second kappa shape index (κ2) is 11.6. The SMILES string of the molecule is CC1=CC[C@H]2C(=O)N(c3ccc(C(=O)Nc4ccc(C(=O)OCC(=O)c5ccc([N+](=O)[O-])cc5)cc4)cc3)C(=O)[C@H]2C1. The zero-order valence-electron chi connectivity index (χ0n) is 22.4. The predicted octanol–water partition coefficient (Wildman–Crippen LogP) is 4.73. The molecule has 1 N–H and O–H groups in total. The minimum atomic E-state index is -0.754. The lowest BCUT2D eigenvalue weighted by molar-refractivity contribution is -0.384. The maximum Gasteiger partial charge on any atom is 0.338 e. The molecule has 0 aromatic heterocycles. The number of carbonyl (C=O) groups is 5. The number of allylic oxidation sites excluding steroid dienone is 2. The lowest BCUT2D eigenvalue weighted by Crippen LogP contribution is -2.30. The van der Waals surface area contributed by atoms with Crippen molar-refractivity contribution in [2.75, 3.05) is 16.8 Å². The fourth-order valence-electron chi connectivity index (χ4n) is 5.01. The van der Waals surface area contributed by atoms with E-state index in [1.165, 1.54) is 65.6 Å². The Morgan fingerprint density at radius 2 is 1.48 bits per heavy atom. The molecule has 11 nitrogen and oxygen atoms in total. The van der Waals surface area contributed by atoms with Gasteiger partial charge < -0.3 is 10.1 Å². The van der Waals surface area contributed by atoms with Crippen LogP contribution >= 0.6 is 0 Å². The molecular formula is C31H25N3O8. The predicted molar refractivity (Wildman–Crippen MR) is 151 cm³/mol. The van der Waals surface area contributed by atoms with Crippen molar-refractivity contribution >= 4 is 46.5 Å².